The summed E-state index contributed by atoms with van der Waals surface area (Å²) in [5, 5.41) is 6.15. The van der Waals surface area contributed by atoms with Crippen molar-refractivity contribution in [3.8, 4) is 0 Å². The molecule has 1 saturated heterocycles. The van der Waals surface area contributed by atoms with Crippen molar-refractivity contribution in [3.05, 3.63) is 71.0 Å². The molecule has 2 aromatic rings. The number of halogens is 1. The van der Waals surface area contributed by atoms with E-state index < -0.39 is 0 Å². The van der Waals surface area contributed by atoms with E-state index >= 15 is 0 Å². The molecule has 0 aliphatic carbocycles. The molecule has 1 atom stereocenters. The van der Waals surface area contributed by atoms with Crippen LogP contribution in [0.2, 0.25) is 0 Å². The van der Waals surface area contributed by atoms with Crippen LogP contribution in [0.5, 0.6) is 0 Å². The second kappa shape index (κ2) is 10.7. The Bertz CT molecular complexity index is 887. The summed E-state index contributed by atoms with van der Waals surface area (Å²) >= 11 is 0. The molecular weight excluding hydrogens is 383 g/mol. The van der Waals surface area contributed by atoms with Crippen LogP contribution in [0.1, 0.15) is 22.8 Å². The normalized spacial score (nSPS) is 17.0. The Balaban J connectivity index is 1.45. The van der Waals surface area contributed by atoms with Gasteiger partial charge in [0.25, 0.3) is 0 Å². The molecule has 7 heteroatoms. The summed E-state index contributed by atoms with van der Waals surface area (Å²) in [4.78, 5) is 18.6. The molecule has 0 radical (unpaired) electrons. The van der Waals surface area contributed by atoms with Gasteiger partial charge in [-0.2, -0.15) is 0 Å². The zero-order valence-corrected chi connectivity index (χ0v) is 17.5. The lowest BCUT2D eigenvalue weighted by atomic mass is 10.0. The number of carbonyl (C=O) groups is 1. The topological polar surface area (TPSA) is 66.0 Å². The number of amides is 1. The van der Waals surface area contributed by atoms with E-state index in [1.54, 1.807) is 19.2 Å². The van der Waals surface area contributed by atoms with Crippen molar-refractivity contribution in [2.24, 2.45) is 4.99 Å². The van der Waals surface area contributed by atoms with Gasteiger partial charge < -0.3 is 20.3 Å². The zero-order chi connectivity index (χ0) is 21.3. The van der Waals surface area contributed by atoms with Gasteiger partial charge in [0.2, 0.25) is 5.91 Å². The van der Waals surface area contributed by atoms with Gasteiger partial charge in [0.1, 0.15) is 11.9 Å². The van der Waals surface area contributed by atoms with Crippen LogP contribution in [0.4, 0.5) is 4.39 Å². The van der Waals surface area contributed by atoms with Gasteiger partial charge in [-0.15, -0.1) is 0 Å². The van der Waals surface area contributed by atoms with E-state index in [-0.39, 0.29) is 24.2 Å². The Morgan fingerprint density at radius 3 is 2.77 bits per heavy atom. The number of guanidine groups is 1. The molecule has 1 aliphatic heterocycles. The van der Waals surface area contributed by atoms with Crippen LogP contribution in [0.3, 0.4) is 0 Å². The summed E-state index contributed by atoms with van der Waals surface area (Å²) in [5.74, 6) is 0.319. The van der Waals surface area contributed by atoms with Crippen molar-refractivity contribution in [3.63, 3.8) is 0 Å². The van der Waals surface area contributed by atoms with Gasteiger partial charge in [-0.05, 0) is 35.7 Å². The second-order valence-corrected chi connectivity index (χ2v) is 7.29. The third-order valence-electron chi connectivity index (χ3n) is 5.10. The number of ether oxygens (including phenoxy) is 1. The maximum atomic E-state index is 13.2. The lowest BCUT2D eigenvalue weighted by Gasteiger charge is -2.35. The molecule has 3 rings (SSSR count). The van der Waals surface area contributed by atoms with Crippen LogP contribution < -0.4 is 10.6 Å². The van der Waals surface area contributed by atoms with Crippen LogP contribution in [0.15, 0.2) is 53.5 Å². The molecule has 160 valence electrons. The van der Waals surface area contributed by atoms with Crippen molar-refractivity contribution in [1.82, 2.24) is 15.5 Å². The molecule has 0 spiro atoms. The van der Waals surface area contributed by atoms with Crippen LogP contribution in [-0.4, -0.2) is 56.6 Å². The molecule has 1 amide bonds. The van der Waals surface area contributed by atoms with E-state index in [2.05, 4.69) is 39.6 Å². The number of rotatable bonds is 6. The molecule has 0 aromatic heterocycles. The first-order valence-electron chi connectivity index (χ1n) is 10.2. The third-order valence-corrected chi connectivity index (χ3v) is 5.10. The highest BCUT2D eigenvalue weighted by Crippen LogP contribution is 2.24. The first-order valence-corrected chi connectivity index (χ1v) is 10.2. The van der Waals surface area contributed by atoms with Crippen LogP contribution >= 0.6 is 0 Å². The van der Waals surface area contributed by atoms with Gasteiger partial charge in [-0.3, -0.25) is 9.79 Å². The zero-order valence-electron chi connectivity index (χ0n) is 17.5. The number of hydrogen-bond donors (Lipinski definition) is 2. The molecule has 1 fully saturated rings. The van der Waals surface area contributed by atoms with Crippen LogP contribution in [0.25, 0.3) is 0 Å². The predicted octanol–water partition coefficient (Wildman–Crippen LogP) is 2.44. The fraction of sp³-hybridized carbons (Fsp3) is 0.391. The average molecular weight is 413 g/mol. The largest absolute Gasteiger partial charge is 0.370 e. The molecule has 1 aliphatic rings. The quantitative estimate of drug-likeness (QED) is 0.435. The minimum Gasteiger partial charge on any atom is -0.370 e. The number of benzene rings is 2. The third kappa shape index (κ3) is 6.03. The predicted molar refractivity (Wildman–Crippen MR) is 116 cm³/mol. The first kappa shape index (κ1) is 21.8. The molecule has 2 aromatic carbocycles. The molecule has 30 heavy (non-hydrogen) atoms. The monoisotopic (exact) mass is 412 g/mol. The Morgan fingerprint density at radius 2 is 2.00 bits per heavy atom. The van der Waals surface area contributed by atoms with Crippen molar-refractivity contribution in [2.75, 3.05) is 39.8 Å². The minimum absolute atomic E-state index is 0.00414. The summed E-state index contributed by atoms with van der Waals surface area (Å²) in [5.41, 5.74) is 3.07. The summed E-state index contributed by atoms with van der Waals surface area (Å²) in [6, 6.07) is 14.4. The van der Waals surface area contributed by atoms with E-state index in [1.807, 2.05) is 12.1 Å². The Labute approximate surface area is 177 Å². The van der Waals surface area contributed by atoms with Crippen molar-refractivity contribution >= 4 is 11.9 Å². The number of hydrogen-bond acceptors (Lipinski definition) is 3. The van der Waals surface area contributed by atoms with Crippen molar-refractivity contribution < 1.29 is 13.9 Å². The molecule has 1 unspecified atom stereocenters. The molecule has 1 heterocycles. The maximum Gasteiger partial charge on any atom is 0.224 e. The Kier molecular flexibility index (Phi) is 7.79. The van der Waals surface area contributed by atoms with Crippen molar-refractivity contribution in [2.45, 2.75) is 19.4 Å². The van der Waals surface area contributed by atoms with Gasteiger partial charge in [0.05, 0.1) is 19.6 Å². The average Bonchev–Trinajstić information content (AvgIpc) is 2.74. The molecule has 6 nitrogen and oxygen atoms in total. The molecule has 0 bridgehead atoms. The molecule has 0 saturated carbocycles. The highest BCUT2D eigenvalue weighted by molar-refractivity contribution is 5.80. The van der Waals surface area contributed by atoms with Gasteiger partial charge in [-0.25, -0.2) is 4.39 Å². The summed E-state index contributed by atoms with van der Waals surface area (Å²) in [7, 11) is 1.75. The minimum atomic E-state index is -0.333. The molecular formula is C23H29FN4O2. The van der Waals surface area contributed by atoms with Crippen LogP contribution in [0, 0.1) is 12.7 Å². The number of nitrogens with zero attached hydrogens (tertiary/aromatic N) is 2. The van der Waals surface area contributed by atoms with Crippen LogP contribution in [-0.2, 0) is 16.0 Å². The SMILES string of the molecule is CN=C(NCCNC(=O)Cc1cccc(F)c1)N1CCOC(c2ccccc2C)C1. The van der Waals surface area contributed by atoms with Gasteiger partial charge in [0.15, 0.2) is 5.96 Å². The van der Waals surface area contributed by atoms with Gasteiger partial charge in [-0.1, -0.05) is 36.4 Å². The van der Waals surface area contributed by atoms with Gasteiger partial charge in [0, 0.05) is 26.7 Å². The summed E-state index contributed by atoms with van der Waals surface area (Å²) in [6.07, 6.45) is 0.165. The highest BCUT2D eigenvalue weighted by Gasteiger charge is 2.25. The molecule has 2 N–H and O–H groups in total. The van der Waals surface area contributed by atoms with E-state index in [0.717, 1.165) is 19.0 Å². The fourth-order valence-electron chi connectivity index (χ4n) is 3.58. The van der Waals surface area contributed by atoms with E-state index in [4.69, 9.17) is 4.74 Å². The highest BCUT2D eigenvalue weighted by atomic mass is 19.1. The van der Waals surface area contributed by atoms with Gasteiger partial charge >= 0.3 is 0 Å². The number of morpholine rings is 1. The lowest BCUT2D eigenvalue weighted by Crippen LogP contribution is -2.49. The smallest absolute Gasteiger partial charge is 0.224 e. The fourth-order valence-corrected chi connectivity index (χ4v) is 3.58. The maximum absolute atomic E-state index is 13.2. The van der Waals surface area contributed by atoms with E-state index in [0.29, 0.717) is 25.3 Å². The number of aryl methyl sites for hydroxylation is 1. The summed E-state index contributed by atoms with van der Waals surface area (Å²) < 4.78 is 19.2. The van der Waals surface area contributed by atoms with E-state index in [1.165, 1.54) is 23.3 Å². The first-order chi connectivity index (χ1) is 14.6. The lowest BCUT2D eigenvalue weighted by molar-refractivity contribution is -0.120. The summed E-state index contributed by atoms with van der Waals surface area (Å²) in [6.45, 7) is 5.21. The standard InChI is InChI=1S/C23H29FN4O2/c1-17-6-3-4-9-20(17)21-16-28(12-13-30-21)23(25-2)27-11-10-26-22(29)15-18-7-5-8-19(24)14-18/h3-9,14,21H,10-13,15-16H2,1-2H3,(H,25,27)(H,26,29). The second-order valence-electron chi connectivity index (χ2n) is 7.29. The Morgan fingerprint density at radius 1 is 1.20 bits per heavy atom. The number of nitrogens with one attached hydrogen (secondary N) is 2. The number of aliphatic imine (C=N–C) groups is 1. The Hall–Kier alpha value is -2.93. The number of carbonyl (C=O) groups excluding carboxylic acids is 1. The van der Waals surface area contributed by atoms with Crippen molar-refractivity contribution in [1.29, 1.82) is 0 Å². The van der Waals surface area contributed by atoms with E-state index in [9.17, 15) is 9.18 Å².